The molecule has 0 aliphatic rings. The molecule has 1 unspecified atom stereocenters. The van der Waals surface area contributed by atoms with Gasteiger partial charge in [0.2, 0.25) is 0 Å². The first-order valence-electron chi connectivity index (χ1n) is 4.34. The Morgan fingerprint density at radius 2 is 2.23 bits per heavy atom. The maximum absolute atomic E-state index is 5.91. The van der Waals surface area contributed by atoms with Crippen LogP contribution in [-0.2, 0) is 6.42 Å². The van der Waals surface area contributed by atoms with Crippen molar-refractivity contribution in [1.82, 2.24) is 5.43 Å². The summed E-state index contributed by atoms with van der Waals surface area (Å²) in [5, 5.41) is 0.817. The van der Waals surface area contributed by atoms with Gasteiger partial charge in [0, 0.05) is 11.1 Å². The molecule has 0 radical (unpaired) electrons. The number of hydrazine groups is 1. The molecule has 72 valence electrons. The highest BCUT2D eigenvalue weighted by Crippen LogP contribution is 2.16. The van der Waals surface area contributed by atoms with Gasteiger partial charge in [-0.05, 0) is 37.5 Å². The quantitative estimate of drug-likeness (QED) is 0.576. The van der Waals surface area contributed by atoms with Gasteiger partial charge in [0.15, 0.2) is 0 Å². The van der Waals surface area contributed by atoms with E-state index in [1.807, 2.05) is 26.0 Å². The monoisotopic (exact) mass is 198 g/mol. The largest absolute Gasteiger partial charge is 0.271 e. The number of aryl methyl sites for hydroxylation is 1. The second kappa shape index (κ2) is 4.61. The molecule has 0 spiro atoms. The van der Waals surface area contributed by atoms with Crippen LogP contribution in [0.5, 0.6) is 0 Å². The zero-order valence-electron chi connectivity index (χ0n) is 7.97. The van der Waals surface area contributed by atoms with Gasteiger partial charge in [0.25, 0.3) is 0 Å². The third-order valence-corrected chi connectivity index (χ3v) is 2.47. The van der Waals surface area contributed by atoms with E-state index in [0.29, 0.717) is 6.04 Å². The molecule has 0 aliphatic carbocycles. The fourth-order valence-electron chi connectivity index (χ4n) is 1.25. The number of nitrogens with two attached hydrogens (primary N) is 1. The third kappa shape index (κ3) is 2.99. The molecule has 0 bridgehead atoms. The van der Waals surface area contributed by atoms with E-state index >= 15 is 0 Å². The fourth-order valence-corrected chi connectivity index (χ4v) is 1.36. The smallest absolute Gasteiger partial charge is 0.0435 e. The Hall–Kier alpha value is -0.570. The van der Waals surface area contributed by atoms with Crippen LogP contribution >= 0.6 is 11.6 Å². The highest BCUT2D eigenvalue weighted by Gasteiger charge is 2.02. The van der Waals surface area contributed by atoms with Gasteiger partial charge in [0.05, 0.1) is 0 Å². The van der Waals surface area contributed by atoms with Crippen molar-refractivity contribution >= 4 is 11.6 Å². The van der Waals surface area contributed by atoms with Crippen molar-refractivity contribution in [3.8, 4) is 0 Å². The predicted molar refractivity (Wildman–Crippen MR) is 56.7 cm³/mol. The Morgan fingerprint density at radius 3 is 2.77 bits per heavy atom. The van der Waals surface area contributed by atoms with Crippen LogP contribution in [0, 0.1) is 6.92 Å². The topological polar surface area (TPSA) is 38.0 Å². The van der Waals surface area contributed by atoms with Crippen LogP contribution in [0.4, 0.5) is 0 Å². The number of rotatable bonds is 3. The Balaban J connectivity index is 2.73. The predicted octanol–water partition coefficient (Wildman–Crippen LogP) is 2.04. The second-order valence-corrected chi connectivity index (χ2v) is 3.76. The average molecular weight is 199 g/mol. The van der Waals surface area contributed by atoms with Gasteiger partial charge in [0.1, 0.15) is 0 Å². The number of nitrogens with one attached hydrogen (secondary N) is 1. The summed E-state index contributed by atoms with van der Waals surface area (Å²) >= 11 is 5.91. The molecule has 1 rings (SSSR count). The van der Waals surface area contributed by atoms with Gasteiger partial charge in [-0.1, -0.05) is 23.7 Å². The van der Waals surface area contributed by atoms with Crippen LogP contribution in [0.1, 0.15) is 18.1 Å². The summed E-state index contributed by atoms with van der Waals surface area (Å²) in [5.41, 5.74) is 5.09. The van der Waals surface area contributed by atoms with Crippen LogP contribution in [0.3, 0.4) is 0 Å². The molecule has 1 atom stereocenters. The van der Waals surface area contributed by atoms with E-state index in [2.05, 4.69) is 11.5 Å². The van der Waals surface area contributed by atoms with Crippen molar-refractivity contribution in [3.05, 3.63) is 34.3 Å². The molecule has 2 nitrogen and oxygen atoms in total. The lowest BCUT2D eigenvalue weighted by Crippen LogP contribution is -2.34. The summed E-state index contributed by atoms with van der Waals surface area (Å²) in [5.74, 6) is 5.31. The maximum atomic E-state index is 5.91. The Morgan fingerprint density at radius 1 is 1.54 bits per heavy atom. The van der Waals surface area contributed by atoms with E-state index < -0.39 is 0 Å². The van der Waals surface area contributed by atoms with Crippen molar-refractivity contribution < 1.29 is 0 Å². The van der Waals surface area contributed by atoms with Crippen LogP contribution in [0.2, 0.25) is 5.02 Å². The Labute approximate surface area is 84.1 Å². The van der Waals surface area contributed by atoms with Crippen LogP contribution in [-0.4, -0.2) is 6.04 Å². The average Bonchev–Trinajstić information content (AvgIpc) is 2.11. The van der Waals surface area contributed by atoms with Gasteiger partial charge in [-0.15, -0.1) is 0 Å². The molecule has 0 saturated carbocycles. The zero-order chi connectivity index (χ0) is 9.84. The molecular formula is C10H15ClN2. The van der Waals surface area contributed by atoms with E-state index in [-0.39, 0.29) is 0 Å². The Kier molecular flexibility index (Phi) is 3.72. The lowest BCUT2D eigenvalue weighted by atomic mass is 10.1. The van der Waals surface area contributed by atoms with Gasteiger partial charge in [-0.3, -0.25) is 11.3 Å². The first-order chi connectivity index (χ1) is 6.13. The minimum absolute atomic E-state index is 0.292. The standard InChI is InChI=1S/C10H15ClN2/c1-7-5-9(3-4-10(7)11)6-8(2)13-12/h3-5,8,13H,6,12H2,1-2H3. The van der Waals surface area contributed by atoms with E-state index in [1.165, 1.54) is 5.56 Å². The summed E-state index contributed by atoms with van der Waals surface area (Å²) in [6.45, 7) is 4.05. The second-order valence-electron chi connectivity index (χ2n) is 3.36. The van der Waals surface area contributed by atoms with Gasteiger partial charge in [-0.2, -0.15) is 0 Å². The maximum Gasteiger partial charge on any atom is 0.0435 e. The normalized spacial score (nSPS) is 12.9. The van der Waals surface area contributed by atoms with Gasteiger partial charge < -0.3 is 0 Å². The van der Waals surface area contributed by atoms with Crippen LogP contribution < -0.4 is 11.3 Å². The molecule has 0 heterocycles. The minimum Gasteiger partial charge on any atom is -0.271 e. The summed E-state index contributed by atoms with van der Waals surface area (Å²) < 4.78 is 0. The number of halogens is 1. The van der Waals surface area contributed by atoms with E-state index in [9.17, 15) is 0 Å². The number of hydrogen-bond donors (Lipinski definition) is 2. The minimum atomic E-state index is 0.292. The van der Waals surface area contributed by atoms with Crippen molar-refractivity contribution in [3.63, 3.8) is 0 Å². The highest BCUT2D eigenvalue weighted by atomic mass is 35.5. The molecule has 1 aromatic carbocycles. The lowest BCUT2D eigenvalue weighted by Gasteiger charge is -2.10. The fraction of sp³-hybridized carbons (Fsp3) is 0.400. The molecule has 3 N–H and O–H groups in total. The summed E-state index contributed by atoms with van der Waals surface area (Å²) in [7, 11) is 0. The van der Waals surface area contributed by atoms with Crippen molar-refractivity contribution in [2.24, 2.45) is 5.84 Å². The molecule has 1 aromatic rings. The molecule has 0 saturated heterocycles. The molecule has 3 heteroatoms. The molecule has 0 aliphatic heterocycles. The summed E-state index contributed by atoms with van der Waals surface area (Å²) in [6, 6.07) is 6.34. The molecular weight excluding hydrogens is 184 g/mol. The molecule has 0 aromatic heterocycles. The molecule has 0 amide bonds. The third-order valence-electron chi connectivity index (χ3n) is 2.05. The summed E-state index contributed by atoms with van der Waals surface area (Å²) in [4.78, 5) is 0. The van der Waals surface area contributed by atoms with Crippen LogP contribution in [0.15, 0.2) is 18.2 Å². The number of hydrogen-bond acceptors (Lipinski definition) is 2. The van der Waals surface area contributed by atoms with Crippen molar-refractivity contribution in [1.29, 1.82) is 0 Å². The first kappa shape index (κ1) is 10.5. The van der Waals surface area contributed by atoms with Gasteiger partial charge >= 0.3 is 0 Å². The Bertz CT molecular complexity index is 286. The zero-order valence-corrected chi connectivity index (χ0v) is 8.73. The summed E-state index contributed by atoms with van der Waals surface area (Å²) in [6.07, 6.45) is 0.925. The highest BCUT2D eigenvalue weighted by molar-refractivity contribution is 6.31. The van der Waals surface area contributed by atoms with Crippen molar-refractivity contribution in [2.75, 3.05) is 0 Å². The number of benzene rings is 1. The van der Waals surface area contributed by atoms with E-state index in [1.54, 1.807) is 0 Å². The van der Waals surface area contributed by atoms with Gasteiger partial charge in [-0.25, -0.2) is 0 Å². The van der Waals surface area contributed by atoms with E-state index in [0.717, 1.165) is 17.0 Å². The molecule has 13 heavy (non-hydrogen) atoms. The molecule has 0 fully saturated rings. The first-order valence-corrected chi connectivity index (χ1v) is 4.72. The van der Waals surface area contributed by atoms with Crippen molar-refractivity contribution in [2.45, 2.75) is 26.3 Å². The SMILES string of the molecule is Cc1cc(CC(C)NN)ccc1Cl. The van der Waals surface area contributed by atoms with Crippen LogP contribution in [0.25, 0.3) is 0 Å². The van der Waals surface area contributed by atoms with E-state index in [4.69, 9.17) is 17.4 Å². The lowest BCUT2D eigenvalue weighted by molar-refractivity contribution is 0.568.